The number of anilines is 1. The molecule has 3 aliphatic rings. The molecule has 2 atom stereocenters. The van der Waals surface area contributed by atoms with Crippen molar-refractivity contribution in [2.75, 3.05) is 64.4 Å². The SMILES string of the molecule is COCCNC(=O)[C@@H]1Cc2cc([N+](=O)[O-])ccc2N2CCN(CC(=O)N3CCCC3)C[C@@H]12. The molecule has 2 fully saturated rings. The van der Waals surface area contributed by atoms with Gasteiger partial charge in [-0.3, -0.25) is 24.6 Å². The minimum absolute atomic E-state index is 0.0376. The van der Waals surface area contributed by atoms with Gasteiger partial charge in [0, 0.05) is 64.2 Å². The molecule has 1 N–H and O–H groups in total. The molecular formula is C22H31N5O5. The average Bonchev–Trinajstić information content (AvgIpc) is 3.33. The fourth-order valence-electron chi connectivity index (χ4n) is 5.09. The lowest BCUT2D eigenvalue weighted by Crippen LogP contribution is -2.62. The molecule has 0 saturated carbocycles. The molecule has 10 nitrogen and oxygen atoms in total. The Balaban J connectivity index is 1.54. The van der Waals surface area contributed by atoms with Gasteiger partial charge in [-0.2, -0.15) is 0 Å². The number of benzene rings is 1. The number of piperazine rings is 1. The summed E-state index contributed by atoms with van der Waals surface area (Å²) >= 11 is 0. The Kier molecular flexibility index (Phi) is 6.90. The Labute approximate surface area is 187 Å². The van der Waals surface area contributed by atoms with Crippen LogP contribution < -0.4 is 10.2 Å². The second kappa shape index (κ2) is 9.83. The molecule has 0 aromatic heterocycles. The summed E-state index contributed by atoms with van der Waals surface area (Å²) in [5.41, 5.74) is 1.81. The number of nitrogens with zero attached hydrogens (tertiary/aromatic N) is 4. The van der Waals surface area contributed by atoms with Crippen LogP contribution in [0, 0.1) is 16.0 Å². The Morgan fingerprint density at radius 1 is 1.22 bits per heavy atom. The molecule has 4 rings (SSSR count). The number of hydrogen-bond acceptors (Lipinski definition) is 7. The van der Waals surface area contributed by atoms with Crippen molar-refractivity contribution < 1.29 is 19.2 Å². The smallest absolute Gasteiger partial charge is 0.269 e. The number of methoxy groups -OCH3 is 1. The Morgan fingerprint density at radius 2 is 2.00 bits per heavy atom. The zero-order valence-electron chi connectivity index (χ0n) is 18.5. The zero-order valence-corrected chi connectivity index (χ0v) is 18.5. The lowest BCUT2D eigenvalue weighted by atomic mass is 9.83. The summed E-state index contributed by atoms with van der Waals surface area (Å²) in [5, 5.41) is 14.2. The molecule has 0 bridgehead atoms. The number of fused-ring (bicyclic) bond motifs is 3. The molecule has 0 aliphatic carbocycles. The van der Waals surface area contributed by atoms with Gasteiger partial charge in [-0.25, -0.2) is 0 Å². The summed E-state index contributed by atoms with van der Waals surface area (Å²) in [6.07, 6.45) is 2.56. The van der Waals surface area contributed by atoms with Crippen LogP contribution in [0.1, 0.15) is 18.4 Å². The first kappa shape index (κ1) is 22.5. The summed E-state index contributed by atoms with van der Waals surface area (Å²) in [6, 6.07) is 4.82. The van der Waals surface area contributed by atoms with E-state index in [1.807, 2.05) is 4.90 Å². The molecule has 0 radical (unpaired) electrons. The van der Waals surface area contributed by atoms with E-state index in [1.54, 1.807) is 19.2 Å². The first-order chi connectivity index (χ1) is 15.5. The minimum atomic E-state index is -0.401. The van der Waals surface area contributed by atoms with E-state index in [0.717, 1.165) is 37.2 Å². The van der Waals surface area contributed by atoms with Gasteiger partial charge in [-0.1, -0.05) is 0 Å². The number of carbonyl (C=O) groups is 2. The molecule has 2 amide bonds. The van der Waals surface area contributed by atoms with Crippen molar-refractivity contribution in [3.05, 3.63) is 33.9 Å². The largest absolute Gasteiger partial charge is 0.383 e. The van der Waals surface area contributed by atoms with Crippen LogP contribution in [0.4, 0.5) is 11.4 Å². The quantitative estimate of drug-likeness (QED) is 0.373. The topological polar surface area (TPSA) is 108 Å². The summed E-state index contributed by atoms with van der Waals surface area (Å²) in [5.74, 6) is -0.281. The van der Waals surface area contributed by atoms with Crippen LogP contribution >= 0.6 is 0 Å². The number of carbonyl (C=O) groups excluding carboxylic acids is 2. The van der Waals surface area contributed by atoms with Crippen molar-refractivity contribution in [3.63, 3.8) is 0 Å². The molecule has 0 unspecified atom stereocenters. The maximum atomic E-state index is 13.1. The van der Waals surface area contributed by atoms with Crippen LogP contribution in [-0.2, 0) is 20.7 Å². The minimum Gasteiger partial charge on any atom is -0.383 e. The number of amides is 2. The lowest BCUT2D eigenvalue weighted by molar-refractivity contribution is -0.384. The monoisotopic (exact) mass is 445 g/mol. The second-order valence-corrected chi connectivity index (χ2v) is 8.75. The van der Waals surface area contributed by atoms with Gasteiger partial charge in [-0.15, -0.1) is 0 Å². The van der Waals surface area contributed by atoms with E-state index >= 15 is 0 Å². The number of hydrogen-bond donors (Lipinski definition) is 1. The summed E-state index contributed by atoms with van der Waals surface area (Å²) in [7, 11) is 1.58. The third-order valence-corrected chi connectivity index (χ3v) is 6.75. The van der Waals surface area contributed by atoms with Gasteiger partial charge in [0.05, 0.1) is 30.0 Å². The van der Waals surface area contributed by atoms with Crippen LogP contribution in [0.3, 0.4) is 0 Å². The molecule has 2 saturated heterocycles. The third-order valence-electron chi connectivity index (χ3n) is 6.75. The zero-order chi connectivity index (χ0) is 22.7. The molecule has 10 heteroatoms. The molecule has 0 spiro atoms. The first-order valence-corrected chi connectivity index (χ1v) is 11.3. The van der Waals surface area contributed by atoms with Gasteiger partial charge >= 0.3 is 0 Å². The first-order valence-electron chi connectivity index (χ1n) is 11.3. The van der Waals surface area contributed by atoms with Crippen LogP contribution in [0.2, 0.25) is 0 Å². The van der Waals surface area contributed by atoms with Gasteiger partial charge in [0.15, 0.2) is 0 Å². The van der Waals surface area contributed by atoms with E-state index in [9.17, 15) is 19.7 Å². The van der Waals surface area contributed by atoms with Gasteiger partial charge in [0.25, 0.3) is 5.69 Å². The highest BCUT2D eigenvalue weighted by molar-refractivity contribution is 5.82. The third kappa shape index (κ3) is 4.71. The van der Waals surface area contributed by atoms with Gasteiger partial charge in [-0.05, 0) is 30.9 Å². The predicted octanol–water partition coefficient (Wildman–Crippen LogP) is 0.643. The second-order valence-electron chi connectivity index (χ2n) is 8.75. The highest BCUT2D eigenvalue weighted by Gasteiger charge is 2.42. The van der Waals surface area contributed by atoms with E-state index < -0.39 is 4.92 Å². The molecule has 3 aliphatic heterocycles. The van der Waals surface area contributed by atoms with Crippen molar-refractivity contribution in [1.29, 1.82) is 0 Å². The Morgan fingerprint density at radius 3 is 2.72 bits per heavy atom. The number of ether oxygens (including phenoxy) is 1. The van der Waals surface area contributed by atoms with Gasteiger partial charge in [0.2, 0.25) is 11.8 Å². The van der Waals surface area contributed by atoms with E-state index in [4.69, 9.17) is 4.74 Å². The maximum absolute atomic E-state index is 13.1. The lowest BCUT2D eigenvalue weighted by Gasteiger charge is -2.49. The number of nitro benzene ring substituents is 1. The normalized spacial score (nSPS) is 22.9. The number of likely N-dealkylation sites (tertiary alicyclic amines) is 1. The molecule has 3 heterocycles. The highest BCUT2D eigenvalue weighted by atomic mass is 16.6. The van der Waals surface area contributed by atoms with Crippen LogP contribution in [0.5, 0.6) is 0 Å². The number of nitro groups is 1. The molecule has 32 heavy (non-hydrogen) atoms. The fraction of sp³-hybridized carbons (Fsp3) is 0.636. The van der Waals surface area contributed by atoms with Crippen molar-refractivity contribution >= 4 is 23.2 Å². The Hall–Kier alpha value is -2.72. The predicted molar refractivity (Wildman–Crippen MR) is 119 cm³/mol. The van der Waals surface area contributed by atoms with Crippen LogP contribution in [0.15, 0.2) is 18.2 Å². The molecule has 174 valence electrons. The average molecular weight is 446 g/mol. The van der Waals surface area contributed by atoms with E-state index in [-0.39, 0.29) is 29.5 Å². The highest BCUT2D eigenvalue weighted by Crippen LogP contribution is 2.37. The Bertz CT molecular complexity index is 872. The maximum Gasteiger partial charge on any atom is 0.269 e. The van der Waals surface area contributed by atoms with Crippen molar-refractivity contribution in [1.82, 2.24) is 15.1 Å². The van der Waals surface area contributed by atoms with Gasteiger partial charge in [0.1, 0.15) is 0 Å². The summed E-state index contributed by atoms with van der Waals surface area (Å²) < 4.78 is 5.04. The van der Waals surface area contributed by atoms with Crippen molar-refractivity contribution in [2.24, 2.45) is 5.92 Å². The number of non-ortho nitro benzene ring substituents is 1. The van der Waals surface area contributed by atoms with Crippen molar-refractivity contribution in [2.45, 2.75) is 25.3 Å². The van der Waals surface area contributed by atoms with Crippen molar-refractivity contribution in [3.8, 4) is 0 Å². The number of nitrogens with one attached hydrogen (secondary N) is 1. The van der Waals surface area contributed by atoms with E-state index in [0.29, 0.717) is 45.8 Å². The molecule has 1 aromatic carbocycles. The molecular weight excluding hydrogens is 414 g/mol. The van der Waals surface area contributed by atoms with Crippen LogP contribution in [-0.4, -0.2) is 92.1 Å². The standard InChI is InChI=1S/C22H31N5O5/c1-32-11-6-23-22(29)18-13-16-12-17(27(30)31)4-5-19(16)26-10-9-24(14-20(18)26)15-21(28)25-7-2-3-8-25/h4-5,12,18,20H,2-3,6-11,13-15H2,1H3,(H,23,29)/t18-,20+/m1/s1. The number of rotatable bonds is 7. The summed E-state index contributed by atoms with van der Waals surface area (Å²) in [4.78, 5) is 42.9. The van der Waals surface area contributed by atoms with E-state index in [1.165, 1.54) is 6.07 Å². The van der Waals surface area contributed by atoms with E-state index in [2.05, 4.69) is 15.1 Å². The summed E-state index contributed by atoms with van der Waals surface area (Å²) in [6.45, 7) is 4.86. The molecule has 1 aromatic rings. The van der Waals surface area contributed by atoms with Crippen LogP contribution in [0.25, 0.3) is 0 Å². The van der Waals surface area contributed by atoms with Gasteiger partial charge < -0.3 is 19.9 Å². The fourth-order valence-corrected chi connectivity index (χ4v) is 5.09.